The van der Waals surface area contributed by atoms with Gasteiger partial charge in [0.15, 0.2) is 0 Å². The topological polar surface area (TPSA) is 33.1 Å². The molecule has 0 spiro atoms. The summed E-state index contributed by atoms with van der Waals surface area (Å²) in [5, 5.41) is 9.37. The van der Waals surface area contributed by atoms with Crippen LogP contribution in [0.4, 0.5) is 8.78 Å². The molecule has 2 aromatic carbocycles. The van der Waals surface area contributed by atoms with Crippen LogP contribution >= 0.6 is 0 Å². The Morgan fingerprint density at radius 2 is 1.76 bits per heavy atom. The maximum Gasteiger partial charge on any atom is 0.135 e. The Morgan fingerprint density at radius 1 is 1.05 bits per heavy atom. The van der Waals surface area contributed by atoms with Crippen LogP contribution in [0.1, 0.15) is 11.1 Å². The number of benzene rings is 2. The van der Waals surface area contributed by atoms with Crippen LogP contribution in [0.5, 0.6) is 0 Å². The molecule has 0 aliphatic carbocycles. The third kappa shape index (κ3) is 2.50. The van der Waals surface area contributed by atoms with Gasteiger partial charge < -0.3 is 5.11 Å². The molecule has 0 bridgehead atoms. The highest BCUT2D eigenvalue weighted by atomic mass is 19.1. The van der Waals surface area contributed by atoms with Gasteiger partial charge in [-0.15, -0.1) is 0 Å². The molecular formula is C17H13F2NO. The van der Waals surface area contributed by atoms with E-state index in [1.807, 2.05) is 19.1 Å². The zero-order chi connectivity index (χ0) is 15.0. The summed E-state index contributed by atoms with van der Waals surface area (Å²) in [4.78, 5) is 4.38. The number of halogens is 2. The summed E-state index contributed by atoms with van der Waals surface area (Å²) < 4.78 is 27.1. The average molecular weight is 285 g/mol. The molecule has 2 nitrogen and oxygen atoms in total. The van der Waals surface area contributed by atoms with E-state index in [9.17, 15) is 8.78 Å². The van der Waals surface area contributed by atoms with Crippen molar-refractivity contribution in [2.75, 3.05) is 0 Å². The van der Waals surface area contributed by atoms with E-state index in [1.54, 1.807) is 18.2 Å². The minimum Gasteiger partial charge on any atom is -0.392 e. The molecule has 0 amide bonds. The van der Waals surface area contributed by atoms with Crippen molar-refractivity contribution < 1.29 is 13.9 Å². The number of rotatable bonds is 2. The van der Waals surface area contributed by atoms with Crippen molar-refractivity contribution in [1.82, 2.24) is 4.98 Å². The van der Waals surface area contributed by atoms with Crippen LogP contribution in [0.3, 0.4) is 0 Å². The first kappa shape index (κ1) is 13.6. The molecule has 0 saturated carbocycles. The Kier molecular flexibility index (Phi) is 3.39. The van der Waals surface area contributed by atoms with Crippen LogP contribution in [0.15, 0.2) is 42.5 Å². The van der Waals surface area contributed by atoms with Crippen molar-refractivity contribution in [2.24, 2.45) is 0 Å². The van der Waals surface area contributed by atoms with Crippen LogP contribution < -0.4 is 0 Å². The summed E-state index contributed by atoms with van der Waals surface area (Å²) >= 11 is 0. The fourth-order valence-corrected chi connectivity index (χ4v) is 2.36. The Bertz CT molecular complexity index is 813. The molecule has 0 atom stereocenters. The van der Waals surface area contributed by atoms with Gasteiger partial charge in [-0.2, -0.15) is 0 Å². The molecule has 3 aromatic rings. The summed E-state index contributed by atoms with van der Waals surface area (Å²) in [6.07, 6.45) is 0. The van der Waals surface area contributed by atoms with Crippen molar-refractivity contribution in [3.63, 3.8) is 0 Å². The van der Waals surface area contributed by atoms with E-state index in [-0.39, 0.29) is 6.61 Å². The van der Waals surface area contributed by atoms with Crippen molar-refractivity contribution in [1.29, 1.82) is 0 Å². The Morgan fingerprint density at radius 3 is 2.43 bits per heavy atom. The first-order chi connectivity index (χ1) is 10.1. The minimum absolute atomic E-state index is 0.0270. The van der Waals surface area contributed by atoms with E-state index >= 15 is 0 Å². The summed E-state index contributed by atoms with van der Waals surface area (Å²) in [5.74, 6) is -1.25. The maximum atomic E-state index is 13.8. The van der Waals surface area contributed by atoms with E-state index in [0.717, 1.165) is 22.8 Å². The maximum absolute atomic E-state index is 13.8. The molecule has 0 aliphatic rings. The normalized spacial score (nSPS) is 11.0. The quantitative estimate of drug-likeness (QED) is 0.772. The number of hydrogen-bond acceptors (Lipinski definition) is 2. The summed E-state index contributed by atoms with van der Waals surface area (Å²) in [7, 11) is 0. The molecule has 0 unspecified atom stereocenters. The standard InChI is InChI=1S/C17H13F2NO/c1-10-6-14-15(19)7-13(18)8-16(14)20-17(10)12-4-2-11(9-21)3-5-12/h2-8,21H,9H2,1H3. The van der Waals surface area contributed by atoms with E-state index in [2.05, 4.69) is 4.98 Å². The average Bonchev–Trinajstić information content (AvgIpc) is 2.48. The van der Waals surface area contributed by atoms with Crippen molar-refractivity contribution in [3.05, 3.63) is 65.2 Å². The van der Waals surface area contributed by atoms with Gasteiger partial charge in [0, 0.05) is 23.1 Å². The smallest absolute Gasteiger partial charge is 0.135 e. The Hall–Kier alpha value is -2.33. The molecule has 1 N–H and O–H groups in total. The predicted molar refractivity (Wildman–Crippen MR) is 77.8 cm³/mol. The number of aryl methyl sites for hydroxylation is 1. The third-order valence-electron chi connectivity index (χ3n) is 3.45. The first-order valence-electron chi connectivity index (χ1n) is 6.55. The predicted octanol–water partition coefficient (Wildman–Crippen LogP) is 3.98. The fourth-order valence-electron chi connectivity index (χ4n) is 2.36. The lowest BCUT2D eigenvalue weighted by atomic mass is 10.0. The van der Waals surface area contributed by atoms with Gasteiger partial charge in [0.25, 0.3) is 0 Å². The highest BCUT2D eigenvalue weighted by Crippen LogP contribution is 2.27. The summed E-state index contributed by atoms with van der Waals surface area (Å²) in [5.41, 5.74) is 3.42. The molecule has 0 aliphatic heterocycles. The zero-order valence-corrected chi connectivity index (χ0v) is 11.4. The molecule has 21 heavy (non-hydrogen) atoms. The van der Waals surface area contributed by atoms with Crippen LogP contribution in [-0.2, 0) is 6.61 Å². The van der Waals surface area contributed by atoms with Crippen LogP contribution in [0, 0.1) is 18.6 Å². The molecule has 1 heterocycles. The lowest BCUT2D eigenvalue weighted by molar-refractivity contribution is 0.282. The van der Waals surface area contributed by atoms with Gasteiger partial charge in [-0.05, 0) is 24.1 Å². The first-order valence-corrected chi connectivity index (χ1v) is 6.55. The van der Waals surface area contributed by atoms with E-state index in [0.29, 0.717) is 16.6 Å². The minimum atomic E-state index is -0.641. The van der Waals surface area contributed by atoms with Crippen LogP contribution in [0.25, 0.3) is 22.2 Å². The third-order valence-corrected chi connectivity index (χ3v) is 3.45. The van der Waals surface area contributed by atoms with Crippen molar-refractivity contribution in [3.8, 4) is 11.3 Å². The number of aliphatic hydroxyl groups is 1. The highest BCUT2D eigenvalue weighted by Gasteiger charge is 2.10. The summed E-state index contributed by atoms with van der Waals surface area (Å²) in [6, 6.07) is 11.0. The van der Waals surface area contributed by atoms with Gasteiger partial charge >= 0.3 is 0 Å². The second-order valence-corrected chi connectivity index (χ2v) is 4.96. The molecule has 3 rings (SSSR count). The molecule has 1 aromatic heterocycles. The molecule has 4 heteroatoms. The van der Waals surface area contributed by atoms with Crippen LogP contribution in [-0.4, -0.2) is 10.1 Å². The number of hydrogen-bond donors (Lipinski definition) is 1. The number of aromatic nitrogens is 1. The van der Waals surface area contributed by atoms with Gasteiger partial charge in [0.1, 0.15) is 11.6 Å². The van der Waals surface area contributed by atoms with Gasteiger partial charge in [0.2, 0.25) is 0 Å². The molecule has 106 valence electrons. The van der Waals surface area contributed by atoms with E-state index in [4.69, 9.17) is 5.11 Å². The van der Waals surface area contributed by atoms with Gasteiger partial charge in [-0.1, -0.05) is 24.3 Å². The van der Waals surface area contributed by atoms with Gasteiger partial charge in [-0.25, -0.2) is 13.8 Å². The largest absolute Gasteiger partial charge is 0.392 e. The molecule has 0 saturated heterocycles. The molecule has 0 fully saturated rings. The lowest BCUT2D eigenvalue weighted by Crippen LogP contribution is -1.94. The fraction of sp³-hybridized carbons (Fsp3) is 0.118. The van der Waals surface area contributed by atoms with Crippen LogP contribution in [0.2, 0.25) is 0 Å². The highest BCUT2D eigenvalue weighted by molar-refractivity contribution is 5.83. The van der Waals surface area contributed by atoms with Crippen molar-refractivity contribution in [2.45, 2.75) is 13.5 Å². The van der Waals surface area contributed by atoms with Gasteiger partial charge in [0.05, 0.1) is 17.8 Å². The van der Waals surface area contributed by atoms with E-state index in [1.165, 1.54) is 6.07 Å². The number of aliphatic hydroxyl groups excluding tert-OH is 1. The Labute approximate surface area is 120 Å². The second kappa shape index (κ2) is 5.22. The monoisotopic (exact) mass is 285 g/mol. The van der Waals surface area contributed by atoms with Gasteiger partial charge in [-0.3, -0.25) is 0 Å². The summed E-state index contributed by atoms with van der Waals surface area (Å²) in [6.45, 7) is 1.81. The number of nitrogens with zero attached hydrogens (tertiary/aromatic N) is 1. The number of fused-ring (bicyclic) bond motifs is 1. The zero-order valence-electron chi connectivity index (χ0n) is 11.4. The SMILES string of the molecule is Cc1cc2c(F)cc(F)cc2nc1-c1ccc(CO)cc1. The van der Waals surface area contributed by atoms with Crippen molar-refractivity contribution >= 4 is 10.9 Å². The molecule has 0 radical (unpaired) electrons. The second-order valence-electron chi connectivity index (χ2n) is 4.96. The molecular weight excluding hydrogens is 272 g/mol. The van der Waals surface area contributed by atoms with E-state index < -0.39 is 11.6 Å². The Balaban J connectivity index is 2.20. The number of pyridine rings is 1. The lowest BCUT2D eigenvalue weighted by Gasteiger charge is -2.09.